The zero-order chi connectivity index (χ0) is 15.6. The Bertz CT molecular complexity index is 648. The molecular weight excluding hydrogens is 304 g/mol. The molecule has 2 rings (SSSR count). The fraction of sp³-hybridized carbons (Fsp3) is 0.462. The Morgan fingerprint density at radius 2 is 1.86 bits per heavy atom. The van der Waals surface area contributed by atoms with E-state index in [-0.39, 0.29) is 0 Å². The molecule has 5 nitrogen and oxygen atoms in total. The summed E-state index contributed by atoms with van der Waals surface area (Å²) in [6.45, 7) is 0. The first kappa shape index (κ1) is 15.8. The van der Waals surface area contributed by atoms with Crippen LogP contribution in [0.15, 0.2) is 23.1 Å². The maximum absolute atomic E-state index is 13.1. The van der Waals surface area contributed by atoms with Crippen LogP contribution in [0.4, 0.5) is 8.78 Å². The Hall–Kier alpha value is -1.54. The zero-order valence-corrected chi connectivity index (χ0v) is 11.9. The van der Waals surface area contributed by atoms with Gasteiger partial charge in [-0.1, -0.05) is 12.8 Å². The smallest absolute Gasteiger partial charge is 0.308 e. The van der Waals surface area contributed by atoms with Gasteiger partial charge in [-0.3, -0.25) is 4.79 Å². The molecule has 1 aromatic rings. The van der Waals surface area contributed by atoms with Gasteiger partial charge in [0.05, 0.1) is 10.8 Å². The lowest BCUT2D eigenvalue weighted by molar-refractivity contribution is -0.143. The normalized spacial score (nSPS) is 23.0. The Morgan fingerprint density at radius 1 is 1.19 bits per heavy atom. The van der Waals surface area contributed by atoms with Gasteiger partial charge >= 0.3 is 5.97 Å². The summed E-state index contributed by atoms with van der Waals surface area (Å²) >= 11 is 0. The monoisotopic (exact) mass is 319 g/mol. The van der Waals surface area contributed by atoms with E-state index in [2.05, 4.69) is 4.72 Å². The minimum absolute atomic E-state index is 0.389. The van der Waals surface area contributed by atoms with Crippen molar-refractivity contribution in [1.29, 1.82) is 0 Å². The molecule has 1 aromatic carbocycles. The van der Waals surface area contributed by atoms with Gasteiger partial charge in [0, 0.05) is 6.04 Å². The van der Waals surface area contributed by atoms with Gasteiger partial charge in [-0.25, -0.2) is 21.9 Å². The summed E-state index contributed by atoms with van der Waals surface area (Å²) in [4.78, 5) is 10.7. The molecule has 8 heteroatoms. The van der Waals surface area contributed by atoms with Crippen molar-refractivity contribution < 1.29 is 27.1 Å². The lowest BCUT2D eigenvalue weighted by atomic mass is 9.85. The lowest BCUT2D eigenvalue weighted by Gasteiger charge is -2.28. The van der Waals surface area contributed by atoms with Crippen molar-refractivity contribution in [2.75, 3.05) is 0 Å². The highest BCUT2D eigenvalue weighted by atomic mass is 32.2. The number of carbonyl (C=O) groups is 1. The average molecular weight is 319 g/mol. The standard InChI is InChI=1S/C13H15F2NO4S/c14-10-6-5-8(7-11(10)15)21(19,20)16-12-4-2-1-3-9(12)13(17)18/h5-7,9,12,16H,1-4H2,(H,17,18). The van der Waals surface area contributed by atoms with Gasteiger partial charge in [0.1, 0.15) is 0 Å². The van der Waals surface area contributed by atoms with Gasteiger partial charge in [-0.2, -0.15) is 0 Å². The maximum Gasteiger partial charge on any atom is 0.308 e. The first-order valence-corrected chi connectivity index (χ1v) is 8.00. The van der Waals surface area contributed by atoms with Gasteiger partial charge in [0.25, 0.3) is 0 Å². The van der Waals surface area contributed by atoms with Crippen molar-refractivity contribution in [3.05, 3.63) is 29.8 Å². The highest BCUT2D eigenvalue weighted by Gasteiger charge is 2.34. The summed E-state index contributed by atoms with van der Waals surface area (Å²) in [6, 6.07) is 1.50. The summed E-state index contributed by atoms with van der Waals surface area (Å²) in [5, 5.41) is 9.11. The number of aliphatic carboxylic acids is 1. The highest BCUT2D eigenvalue weighted by molar-refractivity contribution is 7.89. The van der Waals surface area contributed by atoms with Gasteiger partial charge in [-0.05, 0) is 31.0 Å². The summed E-state index contributed by atoms with van der Waals surface area (Å²) in [7, 11) is -4.09. The van der Waals surface area contributed by atoms with Crippen molar-refractivity contribution >= 4 is 16.0 Å². The van der Waals surface area contributed by atoms with Crippen LogP contribution in [-0.4, -0.2) is 25.5 Å². The number of hydrogen-bond donors (Lipinski definition) is 2. The molecule has 0 bridgehead atoms. The van der Waals surface area contributed by atoms with Crippen molar-refractivity contribution in [3.63, 3.8) is 0 Å². The molecule has 1 aliphatic carbocycles. The maximum atomic E-state index is 13.1. The van der Waals surface area contributed by atoms with E-state index in [1.807, 2.05) is 0 Å². The van der Waals surface area contributed by atoms with Crippen LogP contribution in [0, 0.1) is 17.6 Å². The summed E-state index contributed by atoms with van der Waals surface area (Å²) in [6.07, 6.45) is 2.23. The minimum Gasteiger partial charge on any atom is -0.481 e. The molecule has 0 amide bonds. The van der Waals surface area contributed by atoms with Crippen LogP contribution in [0.2, 0.25) is 0 Å². The number of carboxylic acid groups (broad SMARTS) is 1. The second-order valence-electron chi connectivity index (χ2n) is 5.03. The van der Waals surface area contributed by atoms with E-state index in [9.17, 15) is 22.0 Å². The van der Waals surface area contributed by atoms with E-state index in [4.69, 9.17) is 5.11 Å². The molecular formula is C13H15F2NO4S. The number of rotatable bonds is 4. The van der Waals surface area contributed by atoms with E-state index < -0.39 is 44.5 Å². The molecule has 1 fully saturated rings. The molecule has 0 saturated heterocycles. The highest BCUT2D eigenvalue weighted by Crippen LogP contribution is 2.26. The van der Waals surface area contributed by atoms with Gasteiger partial charge in [0.2, 0.25) is 10.0 Å². The Morgan fingerprint density at radius 3 is 2.48 bits per heavy atom. The van der Waals surface area contributed by atoms with Gasteiger partial charge in [-0.15, -0.1) is 0 Å². The summed E-state index contributed by atoms with van der Waals surface area (Å²) in [5.41, 5.74) is 0. The molecule has 0 aromatic heterocycles. The van der Waals surface area contributed by atoms with Crippen LogP contribution >= 0.6 is 0 Å². The first-order valence-electron chi connectivity index (χ1n) is 6.51. The SMILES string of the molecule is O=C(O)C1CCCCC1NS(=O)(=O)c1ccc(F)c(F)c1. The summed E-state index contributed by atoms with van der Waals surface area (Å²) < 4.78 is 52.5. The second-order valence-corrected chi connectivity index (χ2v) is 6.75. The van der Waals surface area contributed by atoms with E-state index >= 15 is 0 Å². The molecule has 116 valence electrons. The zero-order valence-electron chi connectivity index (χ0n) is 11.1. The quantitative estimate of drug-likeness (QED) is 0.887. The third-order valence-corrected chi connectivity index (χ3v) is 5.08. The number of halogens is 2. The molecule has 0 spiro atoms. The van der Waals surface area contributed by atoms with Crippen LogP contribution < -0.4 is 4.72 Å². The molecule has 2 unspecified atom stereocenters. The Kier molecular flexibility index (Phi) is 4.58. The average Bonchev–Trinajstić information content (AvgIpc) is 2.41. The van der Waals surface area contributed by atoms with Crippen molar-refractivity contribution in [1.82, 2.24) is 4.72 Å². The first-order chi connectivity index (χ1) is 9.81. The van der Waals surface area contributed by atoms with Crippen LogP contribution in [-0.2, 0) is 14.8 Å². The molecule has 2 N–H and O–H groups in total. The third kappa shape index (κ3) is 3.56. The van der Waals surface area contributed by atoms with Gasteiger partial charge < -0.3 is 5.11 Å². The number of nitrogens with one attached hydrogen (secondary N) is 1. The van der Waals surface area contributed by atoms with Crippen LogP contribution in [0.25, 0.3) is 0 Å². The molecule has 0 radical (unpaired) electrons. The predicted octanol–water partition coefficient (Wildman–Crippen LogP) is 1.89. The number of carboxylic acids is 1. The number of hydrogen-bond acceptors (Lipinski definition) is 3. The second kappa shape index (κ2) is 6.07. The van der Waals surface area contributed by atoms with E-state index in [0.717, 1.165) is 25.0 Å². The largest absolute Gasteiger partial charge is 0.481 e. The number of sulfonamides is 1. The number of benzene rings is 1. The van der Waals surface area contributed by atoms with Crippen LogP contribution in [0.1, 0.15) is 25.7 Å². The van der Waals surface area contributed by atoms with Crippen molar-refractivity contribution in [2.24, 2.45) is 5.92 Å². The van der Waals surface area contributed by atoms with Crippen molar-refractivity contribution in [3.8, 4) is 0 Å². The molecule has 0 aliphatic heterocycles. The molecule has 2 atom stereocenters. The molecule has 0 heterocycles. The fourth-order valence-corrected chi connectivity index (χ4v) is 3.80. The van der Waals surface area contributed by atoms with E-state index in [1.54, 1.807) is 0 Å². The van der Waals surface area contributed by atoms with Crippen molar-refractivity contribution in [2.45, 2.75) is 36.6 Å². The predicted molar refractivity (Wildman–Crippen MR) is 70.1 cm³/mol. The van der Waals surface area contributed by atoms with Gasteiger partial charge in [0.15, 0.2) is 11.6 Å². The van der Waals surface area contributed by atoms with Crippen LogP contribution in [0.5, 0.6) is 0 Å². The topological polar surface area (TPSA) is 83.5 Å². The minimum atomic E-state index is -4.09. The lowest BCUT2D eigenvalue weighted by Crippen LogP contribution is -2.45. The van der Waals surface area contributed by atoms with Crippen LogP contribution in [0.3, 0.4) is 0 Å². The molecule has 1 saturated carbocycles. The molecule has 21 heavy (non-hydrogen) atoms. The Labute approximate surface area is 121 Å². The molecule has 1 aliphatic rings. The van der Waals surface area contributed by atoms with E-state index in [1.165, 1.54) is 0 Å². The summed E-state index contributed by atoms with van der Waals surface area (Å²) in [5.74, 6) is -4.28. The Balaban J connectivity index is 2.23. The third-order valence-electron chi connectivity index (χ3n) is 3.59. The van der Waals surface area contributed by atoms with E-state index in [0.29, 0.717) is 18.9 Å². The fourth-order valence-electron chi connectivity index (χ4n) is 2.48.